The maximum atomic E-state index is 13.4. The van der Waals surface area contributed by atoms with Gasteiger partial charge in [-0.3, -0.25) is 9.59 Å². The summed E-state index contributed by atoms with van der Waals surface area (Å²) >= 11 is 0. The Bertz CT molecular complexity index is 1330. The van der Waals surface area contributed by atoms with Gasteiger partial charge in [0.15, 0.2) is 0 Å². The SMILES string of the molecule is CCN(CC)CCN1C(=O)C(=O)C(=C(O)c2ccc(OC)cc2C)[C@H]1c1cccc(Oc2ccccc2)c1. The molecule has 38 heavy (non-hydrogen) atoms. The number of methoxy groups -OCH3 is 1. The third kappa shape index (κ3) is 5.58. The zero-order chi connectivity index (χ0) is 27.2. The summed E-state index contributed by atoms with van der Waals surface area (Å²) in [5.74, 6) is 0.368. The van der Waals surface area contributed by atoms with Crippen LogP contribution in [0, 0.1) is 6.92 Å². The van der Waals surface area contributed by atoms with Crippen LogP contribution in [-0.4, -0.2) is 59.9 Å². The van der Waals surface area contributed by atoms with Gasteiger partial charge in [0, 0.05) is 18.7 Å². The molecule has 1 heterocycles. The van der Waals surface area contributed by atoms with E-state index in [9.17, 15) is 14.7 Å². The van der Waals surface area contributed by atoms with Crippen LogP contribution in [-0.2, 0) is 9.59 Å². The van der Waals surface area contributed by atoms with Crippen molar-refractivity contribution >= 4 is 17.4 Å². The van der Waals surface area contributed by atoms with E-state index in [2.05, 4.69) is 18.7 Å². The van der Waals surface area contributed by atoms with Gasteiger partial charge in [0.05, 0.1) is 18.7 Å². The first-order valence-electron chi connectivity index (χ1n) is 12.9. The standard InChI is InChI=1S/C31H34N2O5/c1-5-32(6-2)17-18-33-28(22-11-10-14-25(20-22)38-23-12-8-7-9-13-23)27(30(35)31(33)36)29(34)26-16-15-24(37-4)19-21(26)3/h7-16,19-20,28,34H,5-6,17-18H2,1-4H3/t28-/m1/s1. The molecule has 0 aromatic heterocycles. The van der Waals surface area contributed by atoms with Crippen LogP contribution in [0.15, 0.2) is 78.4 Å². The highest BCUT2D eigenvalue weighted by Gasteiger charge is 2.46. The second kappa shape index (κ2) is 12.0. The summed E-state index contributed by atoms with van der Waals surface area (Å²) < 4.78 is 11.3. The predicted molar refractivity (Wildman–Crippen MR) is 147 cm³/mol. The minimum Gasteiger partial charge on any atom is -0.507 e. The summed E-state index contributed by atoms with van der Waals surface area (Å²) in [6, 6.07) is 21.2. The van der Waals surface area contributed by atoms with E-state index in [0.29, 0.717) is 41.5 Å². The summed E-state index contributed by atoms with van der Waals surface area (Å²) in [6.45, 7) is 8.57. The van der Waals surface area contributed by atoms with Crippen LogP contribution in [0.1, 0.15) is 36.6 Å². The fourth-order valence-corrected chi connectivity index (χ4v) is 4.79. The highest BCUT2D eigenvalue weighted by atomic mass is 16.5. The van der Waals surface area contributed by atoms with Gasteiger partial charge in [-0.1, -0.05) is 44.2 Å². The molecule has 198 valence electrons. The second-order valence-electron chi connectivity index (χ2n) is 9.19. The molecule has 0 spiro atoms. The van der Waals surface area contributed by atoms with Crippen molar-refractivity contribution in [2.75, 3.05) is 33.3 Å². The zero-order valence-electron chi connectivity index (χ0n) is 22.3. The largest absolute Gasteiger partial charge is 0.507 e. The van der Waals surface area contributed by atoms with Gasteiger partial charge in [-0.15, -0.1) is 0 Å². The number of ketones is 1. The maximum Gasteiger partial charge on any atom is 0.295 e. The molecule has 1 aliphatic heterocycles. The number of Topliss-reactive ketones (excluding diaryl/α,β-unsaturated/α-hetero) is 1. The highest BCUT2D eigenvalue weighted by molar-refractivity contribution is 6.46. The number of amides is 1. The molecule has 1 fully saturated rings. The maximum absolute atomic E-state index is 13.4. The molecule has 4 rings (SSSR count). The lowest BCUT2D eigenvalue weighted by Gasteiger charge is -2.28. The number of benzene rings is 3. The Morgan fingerprint density at radius 1 is 0.921 bits per heavy atom. The molecule has 0 bridgehead atoms. The lowest BCUT2D eigenvalue weighted by molar-refractivity contribution is -0.140. The molecule has 1 atom stereocenters. The number of aliphatic hydroxyl groups is 1. The van der Waals surface area contributed by atoms with Crippen LogP contribution in [0.2, 0.25) is 0 Å². The third-order valence-electron chi connectivity index (χ3n) is 6.93. The van der Waals surface area contributed by atoms with Crippen LogP contribution in [0.3, 0.4) is 0 Å². The van der Waals surface area contributed by atoms with Crippen molar-refractivity contribution in [2.24, 2.45) is 0 Å². The number of hydrogen-bond acceptors (Lipinski definition) is 6. The minimum atomic E-state index is -0.758. The van der Waals surface area contributed by atoms with E-state index in [1.54, 1.807) is 30.2 Å². The van der Waals surface area contributed by atoms with E-state index in [1.165, 1.54) is 0 Å². The summed E-state index contributed by atoms with van der Waals surface area (Å²) in [7, 11) is 1.57. The van der Waals surface area contributed by atoms with E-state index >= 15 is 0 Å². The fraction of sp³-hybridized carbons (Fsp3) is 0.290. The van der Waals surface area contributed by atoms with Crippen molar-refractivity contribution in [2.45, 2.75) is 26.8 Å². The van der Waals surface area contributed by atoms with Crippen LogP contribution in [0.25, 0.3) is 5.76 Å². The second-order valence-corrected chi connectivity index (χ2v) is 9.19. The lowest BCUT2D eigenvalue weighted by Crippen LogP contribution is -2.38. The van der Waals surface area contributed by atoms with Crippen molar-refractivity contribution in [3.05, 3.63) is 95.1 Å². The molecular formula is C31H34N2O5. The molecule has 7 nitrogen and oxygen atoms in total. The first-order chi connectivity index (χ1) is 18.4. The molecule has 0 saturated carbocycles. The number of likely N-dealkylation sites (N-methyl/N-ethyl adjacent to an activating group) is 1. The molecule has 3 aromatic rings. The molecule has 1 amide bonds. The number of aryl methyl sites for hydroxylation is 1. The topological polar surface area (TPSA) is 79.3 Å². The van der Waals surface area contributed by atoms with Gasteiger partial charge in [0.25, 0.3) is 11.7 Å². The smallest absolute Gasteiger partial charge is 0.295 e. The number of aliphatic hydroxyl groups excluding tert-OH is 1. The van der Waals surface area contributed by atoms with Crippen molar-refractivity contribution in [3.63, 3.8) is 0 Å². The fourth-order valence-electron chi connectivity index (χ4n) is 4.79. The van der Waals surface area contributed by atoms with E-state index in [1.807, 2.05) is 61.5 Å². The lowest BCUT2D eigenvalue weighted by atomic mass is 9.93. The Labute approximate surface area is 223 Å². The monoisotopic (exact) mass is 514 g/mol. The van der Waals surface area contributed by atoms with Gasteiger partial charge in [0.1, 0.15) is 23.0 Å². The Hall–Kier alpha value is -4.10. The van der Waals surface area contributed by atoms with Crippen molar-refractivity contribution in [1.29, 1.82) is 0 Å². The molecule has 1 saturated heterocycles. The molecule has 0 radical (unpaired) electrons. The Morgan fingerprint density at radius 3 is 2.29 bits per heavy atom. The number of carbonyl (C=O) groups is 2. The number of hydrogen-bond donors (Lipinski definition) is 1. The van der Waals surface area contributed by atoms with Gasteiger partial charge in [0.2, 0.25) is 0 Å². The van der Waals surface area contributed by atoms with Gasteiger partial charge < -0.3 is 24.4 Å². The van der Waals surface area contributed by atoms with E-state index in [-0.39, 0.29) is 11.3 Å². The summed E-state index contributed by atoms with van der Waals surface area (Å²) in [5, 5.41) is 11.5. The first-order valence-corrected chi connectivity index (χ1v) is 12.9. The average Bonchev–Trinajstić information content (AvgIpc) is 3.19. The van der Waals surface area contributed by atoms with Crippen LogP contribution < -0.4 is 9.47 Å². The summed E-state index contributed by atoms with van der Waals surface area (Å²) in [6.07, 6.45) is 0. The van der Waals surface area contributed by atoms with Crippen molar-refractivity contribution < 1.29 is 24.2 Å². The van der Waals surface area contributed by atoms with Crippen molar-refractivity contribution in [1.82, 2.24) is 9.80 Å². The van der Waals surface area contributed by atoms with E-state index in [0.717, 1.165) is 18.7 Å². The third-order valence-corrected chi connectivity index (χ3v) is 6.93. The highest BCUT2D eigenvalue weighted by Crippen LogP contribution is 2.41. The van der Waals surface area contributed by atoms with E-state index in [4.69, 9.17) is 9.47 Å². The number of likely N-dealkylation sites (tertiary alicyclic amines) is 1. The molecule has 0 unspecified atom stereocenters. The quantitative estimate of drug-likeness (QED) is 0.217. The van der Waals surface area contributed by atoms with Gasteiger partial charge in [-0.05, 0) is 73.6 Å². The molecule has 7 heteroatoms. The van der Waals surface area contributed by atoms with Crippen LogP contribution >= 0.6 is 0 Å². The summed E-state index contributed by atoms with van der Waals surface area (Å²) in [5.41, 5.74) is 1.97. The molecule has 3 aromatic carbocycles. The molecular weight excluding hydrogens is 480 g/mol. The summed E-state index contributed by atoms with van der Waals surface area (Å²) in [4.78, 5) is 30.5. The Balaban J connectivity index is 1.80. The number of ether oxygens (including phenoxy) is 2. The normalized spacial score (nSPS) is 16.8. The number of rotatable bonds is 10. The van der Waals surface area contributed by atoms with Gasteiger partial charge in [-0.2, -0.15) is 0 Å². The minimum absolute atomic E-state index is 0.0691. The van der Waals surface area contributed by atoms with Gasteiger partial charge in [-0.25, -0.2) is 0 Å². The zero-order valence-corrected chi connectivity index (χ0v) is 22.3. The molecule has 1 aliphatic rings. The first kappa shape index (κ1) is 26.9. The number of para-hydroxylation sites is 1. The molecule has 1 N–H and O–H groups in total. The van der Waals surface area contributed by atoms with Crippen LogP contribution in [0.4, 0.5) is 0 Å². The van der Waals surface area contributed by atoms with Gasteiger partial charge >= 0.3 is 0 Å². The average molecular weight is 515 g/mol. The number of carbonyl (C=O) groups excluding carboxylic acids is 2. The van der Waals surface area contributed by atoms with E-state index < -0.39 is 17.7 Å². The Morgan fingerprint density at radius 2 is 1.63 bits per heavy atom. The van der Waals surface area contributed by atoms with Crippen LogP contribution in [0.5, 0.6) is 17.2 Å². The predicted octanol–water partition coefficient (Wildman–Crippen LogP) is 5.56. The molecule has 0 aliphatic carbocycles. The van der Waals surface area contributed by atoms with Crippen molar-refractivity contribution in [3.8, 4) is 17.2 Å². The number of nitrogens with zero attached hydrogens (tertiary/aromatic N) is 2. The Kier molecular flexibility index (Phi) is 8.48.